The number of nitrogens with two attached hydrogens (primary N) is 1. The van der Waals surface area contributed by atoms with Crippen LogP contribution < -0.4 is 5.73 Å². The van der Waals surface area contributed by atoms with Gasteiger partial charge < -0.3 is 10.6 Å². The number of hydrogen-bond donors (Lipinski definition) is 1. The molecule has 0 fully saturated rings. The molecular formula is C13H13ClN2OS. The van der Waals surface area contributed by atoms with E-state index in [-0.39, 0.29) is 5.91 Å². The second-order valence-corrected chi connectivity index (χ2v) is 5.79. The number of rotatable bonds is 3. The first-order chi connectivity index (χ1) is 8.56. The number of amides is 1. The minimum absolute atomic E-state index is 0.0492. The molecule has 0 aliphatic heterocycles. The summed E-state index contributed by atoms with van der Waals surface area (Å²) >= 11 is 7.34. The van der Waals surface area contributed by atoms with E-state index in [1.807, 2.05) is 12.1 Å². The van der Waals surface area contributed by atoms with Crippen LogP contribution in [-0.2, 0) is 6.54 Å². The second-order valence-electron chi connectivity index (χ2n) is 3.99. The molecule has 2 N–H and O–H groups in total. The highest BCUT2D eigenvalue weighted by Crippen LogP contribution is 2.23. The van der Waals surface area contributed by atoms with E-state index in [1.165, 1.54) is 11.3 Å². The number of thiophene rings is 1. The summed E-state index contributed by atoms with van der Waals surface area (Å²) in [6.45, 7) is 0.547. The van der Waals surface area contributed by atoms with Gasteiger partial charge >= 0.3 is 0 Å². The van der Waals surface area contributed by atoms with Crippen LogP contribution in [0.3, 0.4) is 0 Å². The zero-order chi connectivity index (χ0) is 13.1. The molecule has 0 radical (unpaired) electrons. The number of nitrogens with zero attached hydrogens (tertiary/aromatic N) is 1. The summed E-state index contributed by atoms with van der Waals surface area (Å²) in [5.74, 6) is -0.0492. The minimum Gasteiger partial charge on any atom is -0.399 e. The highest BCUT2D eigenvalue weighted by Gasteiger charge is 2.12. The summed E-state index contributed by atoms with van der Waals surface area (Å²) in [4.78, 5) is 14.9. The fraction of sp³-hybridized carbons (Fsp3) is 0.154. The van der Waals surface area contributed by atoms with Crippen LogP contribution in [-0.4, -0.2) is 17.9 Å². The Morgan fingerprint density at radius 3 is 2.78 bits per heavy atom. The van der Waals surface area contributed by atoms with Gasteiger partial charge in [-0.15, -0.1) is 11.3 Å². The number of anilines is 1. The van der Waals surface area contributed by atoms with E-state index in [2.05, 4.69) is 0 Å². The number of carbonyl (C=O) groups excluding carboxylic acids is 1. The Morgan fingerprint density at radius 2 is 2.17 bits per heavy atom. The molecule has 0 aliphatic rings. The lowest BCUT2D eigenvalue weighted by Crippen LogP contribution is -2.25. The van der Waals surface area contributed by atoms with Crippen molar-refractivity contribution >= 4 is 34.5 Å². The Labute approximate surface area is 115 Å². The van der Waals surface area contributed by atoms with Gasteiger partial charge in [0.25, 0.3) is 5.91 Å². The van der Waals surface area contributed by atoms with Crippen LogP contribution in [0, 0.1) is 0 Å². The van der Waals surface area contributed by atoms with Crippen molar-refractivity contribution in [2.75, 3.05) is 12.8 Å². The van der Waals surface area contributed by atoms with E-state index in [9.17, 15) is 4.79 Å². The monoisotopic (exact) mass is 280 g/mol. The van der Waals surface area contributed by atoms with E-state index >= 15 is 0 Å². The van der Waals surface area contributed by atoms with Gasteiger partial charge in [0.15, 0.2) is 0 Å². The van der Waals surface area contributed by atoms with Gasteiger partial charge in [-0.3, -0.25) is 4.79 Å². The van der Waals surface area contributed by atoms with Gasteiger partial charge in [-0.2, -0.15) is 0 Å². The van der Waals surface area contributed by atoms with Gasteiger partial charge in [-0.05, 0) is 30.3 Å². The SMILES string of the molecule is CN(Cc1ccc(Cl)s1)C(=O)c1cccc(N)c1. The van der Waals surface area contributed by atoms with Crippen molar-refractivity contribution in [2.24, 2.45) is 0 Å². The fourth-order valence-corrected chi connectivity index (χ4v) is 2.78. The Morgan fingerprint density at radius 1 is 1.39 bits per heavy atom. The standard InChI is InChI=1S/C13H13ClN2OS/c1-16(8-11-5-6-12(14)18-11)13(17)9-3-2-4-10(15)7-9/h2-7H,8,15H2,1H3. The maximum absolute atomic E-state index is 12.2. The summed E-state index contributed by atoms with van der Waals surface area (Å²) < 4.78 is 0.731. The lowest BCUT2D eigenvalue weighted by atomic mass is 10.2. The molecular weight excluding hydrogens is 268 g/mol. The third-order valence-electron chi connectivity index (χ3n) is 2.50. The van der Waals surface area contributed by atoms with Gasteiger partial charge in [-0.25, -0.2) is 0 Å². The first-order valence-corrected chi connectivity index (χ1v) is 6.61. The molecule has 1 aromatic heterocycles. The van der Waals surface area contributed by atoms with E-state index < -0.39 is 0 Å². The minimum atomic E-state index is -0.0492. The Kier molecular flexibility index (Phi) is 3.89. The molecule has 0 atom stereocenters. The van der Waals surface area contributed by atoms with Crippen LogP contribution in [0.2, 0.25) is 4.34 Å². The zero-order valence-corrected chi connectivity index (χ0v) is 11.5. The predicted molar refractivity (Wildman–Crippen MR) is 76.0 cm³/mol. The lowest BCUT2D eigenvalue weighted by Gasteiger charge is -2.16. The molecule has 2 aromatic rings. The number of halogens is 1. The lowest BCUT2D eigenvalue weighted by molar-refractivity contribution is 0.0786. The van der Waals surface area contributed by atoms with Crippen LogP contribution in [0.15, 0.2) is 36.4 Å². The van der Waals surface area contributed by atoms with Crippen molar-refractivity contribution < 1.29 is 4.79 Å². The summed E-state index contributed by atoms with van der Waals surface area (Å²) in [6, 6.07) is 10.7. The quantitative estimate of drug-likeness (QED) is 0.877. The third kappa shape index (κ3) is 3.03. The zero-order valence-electron chi connectivity index (χ0n) is 9.89. The van der Waals surface area contributed by atoms with Gasteiger partial charge in [0.1, 0.15) is 0 Å². The molecule has 18 heavy (non-hydrogen) atoms. The van der Waals surface area contributed by atoms with Crippen LogP contribution in [0.5, 0.6) is 0 Å². The molecule has 1 aromatic carbocycles. The number of carbonyl (C=O) groups is 1. The summed E-state index contributed by atoms with van der Waals surface area (Å²) in [7, 11) is 1.76. The average Bonchev–Trinajstić information content (AvgIpc) is 2.73. The fourth-order valence-electron chi connectivity index (χ4n) is 1.63. The molecule has 2 rings (SSSR count). The Balaban J connectivity index is 2.09. The van der Waals surface area contributed by atoms with Gasteiger partial charge in [0, 0.05) is 23.2 Å². The molecule has 0 bridgehead atoms. The predicted octanol–water partition coefficient (Wildman–Crippen LogP) is 3.26. The van der Waals surface area contributed by atoms with Crippen LogP contribution in [0.1, 0.15) is 15.2 Å². The van der Waals surface area contributed by atoms with Crippen molar-refractivity contribution in [3.8, 4) is 0 Å². The topological polar surface area (TPSA) is 46.3 Å². The molecule has 5 heteroatoms. The van der Waals surface area contributed by atoms with Gasteiger partial charge in [0.05, 0.1) is 10.9 Å². The molecule has 1 heterocycles. The van der Waals surface area contributed by atoms with Crippen LogP contribution in [0.25, 0.3) is 0 Å². The normalized spacial score (nSPS) is 10.3. The molecule has 0 saturated carbocycles. The van der Waals surface area contributed by atoms with Crippen LogP contribution in [0.4, 0.5) is 5.69 Å². The van der Waals surface area contributed by atoms with Crippen molar-refractivity contribution in [2.45, 2.75) is 6.54 Å². The molecule has 94 valence electrons. The molecule has 0 aliphatic carbocycles. The molecule has 0 unspecified atom stereocenters. The molecule has 0 spiro atoms. The van der Waals surface area contributed by atoms with Crippen molar-refractivity contribution in [3.05, 3.63) is 51.2 Å². The highest BCUT2D eigenvalue weighted by molar-refractivity contribution is 7.16. The van der Waals surface area contributed by atoms with Crippen LogP contribution >= 0.6 is 22.9 Å². The smallest absolute Gasteiger partial charge is 0.253 e. The van der Waals surface area contributed by atoms with E-state index in [0.717, 1.165) is 9.21 Å². The van der Waals surface area contributed by atoms with Crippen molar-refractivity contribution in [1.29, 1.82) is 0 Å². The number of hydrogen-bond acceptors (Lipinski definition) is 3. The molecule has 0 saturated heterocycles. The second kappa shape index (κ2) is 5.42. The summed E-state index contributed by atoms with van der Waals surface area (Å²) in [5.41, 5.74) is 6.85. The first kappa shape index (κ1) is 12.9. The average molecular weight is 281 g/mol. The molecule has 3 nitrogen and oxygen atoms in total. The van der Waals surface area contributed by atoms with Gasteiger partial charge in [0.2, 0.25) is 0 Å². The maximum atomic E-state index is 12.2. The van der Waals surface area contributed by atoms with Crippen molar-refractivity contribution in [1.82, 2.24) is 4.90 Å². The first-order valence-electron chi connectivity index (χ1n) is 5.41. The van der Waals surface area contributed by atoms with E-state index in [4.69, 9.17) is 17.3 Å². The maximum Gasteiger partial charge on any atom is 0.253 e. The van der Waals surface area contributed by atoms with Gasteiger partial charge in [-0.1, -0.05) is 17.7 Å². The van der Waals surface area contributed by atoms with Crippen molar-refractivity contribution in [3.63, 3.8) is 0 Å². The number of nitrogen functional groups attached to an aromatic ring is 1. The Bertz CT molecular complexity index is 568. The highest BCUT2D eigenvalue weighted by atomic mass is 35.5. The summed E-state index contributed by atoms with van der Waals surface area (Å²) in [5, 5.41) is 0. The van der Waals surface area contributed by atoms with E-state index in [1.54, 1.807) is 36.2 Å². The number of benzene rings is 1. The molecule has 1 amide bonds. The third-order valence-corrected chi connectivity index (χ3v) is 3.72. The largest absolute Gasteiger partial charge is 0.399 e. The summed E-state index contributed by atoms with van der Waals surface area (Å²) in [6.07, 6.45) is 0. The van der Waals surface area contributed by atoms with E-state index in [0.29, 0.717) is 17.8 Å². The Hall–Kier alpha value is -1.52.